The summed E-state index contributed by atoms with van der Waals surface area (Å²) < 4.78 is 44.0. The van der Waals surface area contributed by atoms with Crippen LogP contribution in [0.25, 0.3) is 5.69 Å². The summed E-state index contributed by atoms with van der Waals surface area (Å²) in [5, 5.41) is 3.83. The number of nitrogens with zero attached hydrogens (tertiary/aromatic N) is 1. The van der Waals surface area contributed by atoms with E-state index in [4.69, 9.17) is 0 Å². The molecule has 2 amide bonds. The summed E-state index contributed by atoms with van der Waals surface area (Å²) in [6.45, 7) is 0. The van der Waals surface area contributed by atoms with Crippen LogP contribution in [0.15, 0.2) is 39.9 Å². The van der Waals surface area contributed by atoms with Gasteiger partial charge in [0.05, 0.1) is 5.69 Å². The third-order valence-corrected chi connectivity index (χ3v) is 6.33. The van der Waals surface area contributed by atoms with Gasteiger partial charge in [-0.15, -0.1) is 0 Å². The van der Waals surface area contributed by atoms with Crippen molar-refractivity contribution in [2.75, 3.05) is 5.32 Å². The molecule has 0 bridgehead atoms. The van der Waals surface area contributed by atoms with Crippen LogP contribution < -0.4 is 21.9 Å². The maximum atomic E-state index is 14.4. The maximum absolute atomic E-state index is 14.4. The molecule has 3 N–H and O–H groups in total. The van der Waals surface area contributed by atoms with Crippen molar-refractivity contribution < 1.29 is 22.8 Å². The van der Waals surface area contributed by atoms with Crippen molar-refractivity contribution in [3.8, 4) is 5.69 Å². The number of aromatic nitrogens is 2. The Morgan fingerprint density at radius 2 is 1.76 bits per heavy atom. The van der Waals surface area contributed by atoms with Gasteiger partial charge in [0.1, 0.15) is 11.4 Å². The second kappa shape index (κ2) is 8.53. The Labute approximate surface area is 186 Å². The number of rotatable bonds is 5. The van der Waals surface area contributed by atoms with Crippen molar-refractivity contribution in [3.63, 3.8) is 0 Å². The fourth-order valence-electron chi connectivity index (χ4n) is 4.68. The molecule has 2 heterocycles. The molecule has 0 spiro atoms. The predicted octanol–water partition coefficient (Wildman–Crippen LogP) is 2.71. The van der Waals surface area contributed by atoms with Gasteiger partial charge in [-0.05, 0) is 24.5 Å². The molecule has 1 atom stereocenters. The minimum absolute atomic E-state index is 0.136. The average molecular weight is 464 g/mol. The average Bonchev–Trinajstić information content (AvgIpc) is 3.07. The molecule has 176 valence electrons. The molecule has 1 saturated carbocycles. The summed E-state index contributed by atoms with van der Waals surface area (Å²) in [5.74, 6) is -3.01. The van der Waals surface area contributed by atoms with Gasteiger partial charge in [0, 0.05) is 6.42 Å². The van der Waals surface area contributed by atoms with E-state index in [0.717, 1.165) is 36.7 Å². The zero-order chi connectivity index (χ0) is 23.8. The van der Waals surface area contributed by atoms with Gasteiger partial charge in [-0.1, -0.05) is 50.3 Å². The number of para-hydroxylation sites is 1. The van der Waals surface area contributed by atoms with E-state index in [2.05, 4.69) is 0 Å². The maximum Gasteiger partial charge on any atom is 0.425 e. The van der Waals surface area contributed by atoms with Gasteiger partial charge in [-0.25, -0.2) is 9.36 Å². The van der Waals surface area contributed by atoms with Crippen LogP contribution in [0, 0.1) is 5.92 Å². The summed E-state index contributed by atoms with van der Waals surface area (Å²) in [7, 11) is 0. The number of carbonyl (C=O) groups excluding carboxylic acids is 2. The third-order valence-electron chi connectivity index (χ3n) is 6.33. The smallest absolute Gasteiger partial charge is 0.330 e. The van der Waals surface area contributed by atoms with Gasteiger partial charge in [0.25, 0.3) is 11.5 Å². The number of aromatic amines is 1. The summed E-state index contributed by atoms with van der Waals surface area (Å²) in [6, 6.07) is 7.58. The van der Waals surface area contributed by atoms with Crippen LogP contribution in [0.4, 0.5) is 19.0 Å². The van der Waals surface area contributed by atoms with E-state index >= 15 is 0 Å². The zero-order valence-corrected chi connectivity index (χ0v) is 17.6. The number of hydrogen-bond donors (Lipinski definition) is 3. The van der Waals surface area contributed by atoms with Crippen molar-refractivity contribution in [1.82, 2.24) is 14.9 Å². The minimum Gasteiger partial charge on any atom is -0.330 e. The number of halogens is 3. The van der Waals surface area contributed by atoms with E-state index < -0.39 is 46.2 Å². The van der Waals surface area contributed by atoms with Crippen molar-refractivity contribution in [2.45, 2.75) is 56.7 Å². The summed E-state index contributed by atoms with van der Waals surface area (Å²) in [5.41, 5.74) is -6.95. The number of alkyl halides is 3. The Morgan fingerprint density at radius 3 is 2.39 bits per heavy atom. The number of H-pyrrole nitrogens is 1. The topological polar surface area (TPSA) is 113 Å². The normalized spacial score (nSPS) is 20.9. The highest BCUT2D eigenvalue weighted by atomic mass is 19.4. The largest absolute Gasteiger partial charge is 0.425 e. The molecule has 2 aliphatic rings. The van der Waals surface area contributed by atoms with Crippen LogP contribution in [0.2, 0.25) is 0 Å². The second-order valence-corrected chi connectivity index (χ2v) is 8.45. The lowest BCUT2D eigenvalue weighted by molar-refractivity contribution is -0.200. The first-order chi connectivity index (χ1) is 15.6. The Hall–Kier alpha value is -3.37. The molecular formula is C22H23F3N4O4. The Bertz CT molecular complexity index is 1180. The first kappa shape index (κ1) is 22.8. The molecule has 1 aromatic heterocycles. The van der Waals surface area contributed by atoms with Gasteiger partial charge < -0.3 is 10.6 Å². The first-order valence-corrected chi connectivity index (χ1v) is 10.8. The van der Waals surface area contributed by atoms with Crippen molar-refractivity contribution >= 4 is 17.6 Å². The number of fused-ring (bicyclic) bond motifs is 1. The number of benzene rings is 1. The molecule has 1 aromatic carbocycles. The van der Waals surface area contributed by atoms with Crippen LogP contribution in [0.5, 0.6) is 0 Å². The van der Waals surface area contributed by atoms with Crippen molar-refractivity contribution in [2.24, 2.45) is 5.92 Å². The number of anilines is 1. The van der Waals surface area contributed by atoms with Crippen molar-refractivity contribution in [1.29, 1.82) is 0 Å². The molecule has 33 heavy (non-hydrogen) atoms. The molecule has 0 saturated heterocycles. The van der Waals surface area contributed by atoms with E-state index in [9.17, 15) is 32.3 Å². The second-order valence-electron chi connectivity index (χ2n) is 8.45. The zero-order valence-electron chi connectivity index (χ0n) is 17.6. The lowest BCUT2D eigenvalue weighted by Crippen LogP contribution is -2.62. The molecule has 1 aliphatic heterocycles. The molecule has 4 rings (SSSR count). The van der Waals surface area contributed by atoms with Gasteiger partial charge in [-0.3, -0.25) is 19.4 Å². The Morgan fingerprint density at radius 1 is 1.09 bits per heavy atom. The summed E-state index contributed by atoms with van der Waals surface area (Å²) in [4.78, 5) is 52.3. The van der Waals surface area contributed by atoms with E-state index in [1.165, 1.54) is 12.1 Å². The molecule has 1 unspecified atom stereocenters. The quantitative estimate of drug-likeness (QED) is 0.632. The standard InChI is InChI=1S/C22H23F3N4O4/c23-22(24,25)21(28-15(30)12-11-13-7-3-1-4-8-13)16-17(26-19(21)32)29(20(33)27-18(16)31)14-9-5-2-6-10-14/h2,5-6,9-10,13H,1,3-4,7-8,11-12H2,(H,26,32)(H,28,30)(H,27,31,33). The van der Waals surface area contributed by atoms with Crippen LogP contribution in [-0.4, -0.2) is 27.5 Å². The van der Waals surface area contributed by atoms with E-state index in [1.807, 2.05) is 10.3 Å². The van der Waals surface area contributed by atoms with Crippen molar-refractivity contribution in [3.05, 3.63) is 56.7 Å². The van der Waals surface area contributed by atoms with E-state index in [1.54, 1.807) is 23.5 Å². The van der Waals surface area contributed by atoms with Crippen LogP contribution in [-0.2, 0) is 15.1 Å². The summed E-state index contributed by atoms with van der Waals surface area (Å²) in [6.07, 6.45) is -0.205. The Kier molecular flexibility index (Phi) is 5.89. The van der Waals surface area contributed by atoms with Gasteiger partial charge in [0.15, 0.2) is 0 Å². The third kappa shape index (κ3) is 3.96. The molecule has 8 nitrogen and oxygen atoms in total. The lowest BCUT2D eigenvalue weighted by atomic mass is 9.85. The number of nitrogens with one attached hydrogen (secondary N) is 3. The number of hydrogen-bond acceptors (Lipinski definition) is 4. The molecule has 2 aromatic rings. The highest BCUT2D eigenvalue weighted by Crippen LogP contribution is 2.45. The molecule has 11 heteroatoms. The fourth-order valence-corrected chi connectivity index (χ4v) is 4.68. The minimum atomic E-state index is -5.34. The summed E-state index contributed by atoms with van der Waals surface area (Å²) >= 11 is 0. The molecule has 1 fully saturated rings. The van der Waals surface area contributed by atoms with Crippen LogP contribution >= 0.6 is 0 Å². The van der Waals surface area contributed by atoms with Crippen LogP contribution in [0.3, 0.4) is 0 Å². The van der Waals surface area contributed by atoms with E-state index in [0.29, 0.717) is 6.42 Å². The number of carbonyl (C=O) groups is 2. The predicted molar refractivity (Wildman–Crippen MR) is 113 cm³/mol. The highest BCUT2D eigenvalue weighted by molar-refractivity contribution is 6.07. The van der Waals surface area contributed by atoms with E-state index in [-0.39, 0.29) is 18.0 Å². The highest BCUT2D eigenvalue weighted by Gasteiger charge is 2.68. The van der Waals surface area contributed by atoms with Crippen LogP contribution in [0.1, 0.15) is 50.5 Å². The molecular weight excluding hydrogens is 441 g/mol. The fraction of sp³-hybridized carbons (Fsp3) is 0.455. The monoisotopic (exact) mass is 464 g/mol. The number of amides is 2. The molecule has 0 radical (unpaired) electrons. The Balaban J connectivity index is 1.76. The van der Waals surface area contributed by atoms with Gasteiger partial charge >= 0.3 is 11.9 Å². The SMILES string of the molecule is O=C(CCC1CCCCC1)NC1(C(F)(F)F)C(=O)Nc2c1c(=O)[nH]c(=O)n2-c1ccccc1. The molecule has 1 aliphatic carbocycles. The van der Waals surface area contributed by atoms with Gasteiger partial charge in [-0.2, -0.15) is 13.2 Å². The lowest BCUT2D eigenvalue weighted by Gasteiger charge is -2.30. The first-order valence-electron chi connectivity index (χ1n) is 10.8. The van der Waals surface area contributed by atoms with Gasteiger partial charge in [0.2, 0.25) is 11.4 Å².